The zero-order valence-corrected chi connectivity index (χ0v) is 50.1. The summed E-state index contributed by atoms with van der Waals surface area (Å²) in [5.74, 6) is -0.0549. The molecule has 0 aliphatic rings. The Kier molecular flexibility index (Phi) is 62.4. The number of allylic oxidation sites excluding steroid dienone is 3. The van der Waals surface area contributed by atoms with Gasteiger partial charge in [0.25, 0.3) is 0 Å². The molecule has 0 saturated carbocycles. The lowest BCUT2D eigenvalue weighted by molar-refractivity contribution is -0.143. The molecule has 0 aliphatic carbocycles. The number of hydrogen-bond acceptors (Lipinski definition) is 5. The minimum Gasteiger partial charge on any atom is -0.466 e. The number of carbonyl (C=O) groups is 2. The number of amides is 1. The molecular formula is C68H131NO5. The molecule has 74 heavy (non-hydrogen) atoms. The summed E-state index contributed by atoms with van der Waals surface area (Å²) in [6.45, 7) is 4.90. The molecule has 2 unspecified atom stereocenters. The van der Waals surface area contributed by atoms with Crippen LogP contribution in [0.3, 0.4) is 0 Å². The number of nitrogens with one attached hydrogen (secondary N) is 1. The number of aliphatic hydroxyl groups excluding tert-OH is 2. The fourth-order valence-corrected chi connectivity index (χ4v) is 10.6. The van der Waals surface area contributed by atoms with E-state index in [1.165, 1.54) is 302 Å². The Labute approximate surface area is 462 Å². The smallest absolute Gasteiger partial charge is 0.305 e. The number of hydrogen-bond donors (Lipinski definition) is 3. The molecule has 3 N–H and O–H groups in total. The van der Waals surface area contributed by atoms with E-state index in [2.05, 4.69) is 31.3 Å². The van der Waals surface area contributed by atoms with Crippen molar-refractivity contribution in [3.63, 3.8) is 0 Å². The molecule has 0 aromatic rings. The third-order valence-electron chi connectivity index (χ3n) is 15.7. The van der Waals surface area contributed by atoms with Crippen molar-refractivity contribution in [2.24, 2.45) is 0 Å². The second-order valence-corrected chi connectivity index (χ2v) is 23.2. The lowest BCUT2D eigenvalue weighted by Crippen LogP contribution is -2.45. The predicted molar refractivity (Wildman–Crippen MR) is 324 cm³/mol. The highest BCUT2D eigenvalue weighted by molar-refractivity contribution is 5.76. The molecular weight excluding hydrogens is 911 g/mol. The van der Waals surface area contributed by atoms with Gasteiger partial charge in [0.05, 0.1) is 25.4 Å². The average Bonchev–Trinajstić information content (AvgIpc) is 3.40. The first-order valence-corrected chi connectivity index (χ1v) is 33.6. The quantitative estimate of drug-likeness (QED) is 0.0320. The van der Waals surface area contributed by atoms with E-state index in [1.807, 2.05) is 6.08 Å². The summed E-state index contributed by atoms with van der Waals surface area (Å²) < 4.78 is 5.47. The van der Waals surface area contributed by atoms with Crippen LogP contribution >= 0.6 is 0 Å². The predicted octanol–water partition coefficient (Wildman–Crippen LogP) is 21.4. The number of rotatable bonds is 63. The lowest BCUT2D eigenvalue weighted by atomic mass is 10.0. The van der Waals surface area contributed by atoms with Crippen LogP contribution in [0.4, 0.5) is 0 Å². The summed E-state index contributed by atoms with van der Waals surface area (Å²) in [7, 11) is 0. The molecule has 0 radical (unpaired) electrons. The first-order valence-electron chi connectivity index (χ1n) is 33.6. The van der Waals surface area contributed by atoms with E-state index >= 15 is 0 Å². The van der Waals surface area contributed by atoms with Crippen molar-refractivity contribution in [3.05, 3.63) is 24.3 Å². The molecule has 438 valence electrons. The highest BCUT2D eigenvalue weighted by atomic mass is 16.5. The zero-order valence-electron chi connectivity index (χ0n) is 50.1. The highest BCUT2D eigenvalue weighted by Gasteiger charge is 2.18. The number of aliphatic hydroxyl groups is 2. The molecule has 6 heteroatoms. The molecule has 6 nitrogen and oxygen atoms in total. The third-order valence-corrected chi connectivity index (χ3v) is 15.7. The van der Waals surface area contributed by atoms with E-state index in [0.29, 0.717) is 19.4 Å². The number of carbonyl (C=O) groups excluding carboxylic acids is 2. The van der Waals surface area contributed by atoms with Gasteiger partial charge in [-0.05, 0) is 51.4 Å². The molecule has 0 heterocycles. The summed E-state index contributed by atoms with van der Waals surface area (Å²) in [5.41, 5.74) is 0. The van der Waals surface area contributed by atoms with Crippen molar-refractivity contribution in [2.75, 3.05) is 13.2 Å². The van der Waals surface area contributed by atoms with Gasteiger partial charge in [0, 0.05) is 12.8 Å². The standard InChI is InChI=1S/C68H131NO5/c1-3-5-7-9-11-13-15-16-17-18-28-31-34-37-41-44-48-52-56-60-66(71)65(64-70)69-67(72)61-57-53-49-45-42-38-35-32-29-26-24-22-20-19-21-23-25-27-30-33-36-39-43-47-51-55-59-63-74-68(73)62-58-54-50-46-40-14-12-10-8-6-4-2/h10,12,56,60,65-66,70-71H,3-9,11,13-55,57-59,61-64H2,1-2H3,(H,69,72)/b12-10-,60-56+. The Morgan fingerprint density at radius 1 is 0.365 bits per heavy atom. The Balaban J connectivity index is 3.38. The van der Waals surface area contributed by atoms with Crippen molar-refractivity contribution in [2.45, 2.75) is 386 Å². The number of ether oxygens (including phenoxy) is 1. The summed E-state index contributed by atoms with van der Waals surface area (Å²) in [6, 6.07) is -0.626. The third kappa shape index (κ3) is 59.6. The van der Waals surface area contributed by atoms with Gasteiger partial charge in [-0.1, -0.05) is 334 Å². The molecule has 0 spiro atoms. The topological polar surface area (TPSA) is 95.9 Å². The van der Waals surface area contributed by atoms with E-state index < -0.39 is 12.1 Å². The Bertz CT molecular complexity index is 1150. The molecule has 0 fully saturated rings. The van der Waals surface area contributed by atoms with Gasteiger partial charge >= 0.3 is 5.97 Å². The highest BCUT2D eigenvalue weighted by Crippen LogP contribution is 2.19. The van der Waals surface area contributed by atoms with Crippen LogP contribution in [0.15, 0.2) is 24.3 Å². The fourth-order valence-electron chi connectivity index (χ4n) is 10.6. The van der Waals surface area contributed by atoms with Crippen LogP contribution in [0.25, 0.3) is 0 Å². The summed E-state index contributed by atoms with van der Waals surface area (Å²) in [6.07, 6.45) is 79.6. The Morgan fingerprint density at radius 3 is 1.00 bits per heavy atom. The van der Waals surface area contributed by atoms with Crippen LogP contribution in [0.1, 0.15) is 373 Å². The summed E-state index contributed by atoms with van der Waals surface area (Å²) >= 11 is 0. The van der Waals surface area contributed by atoms with Gasteiger partial charge in [0.2, 0.25) is 5.91 Å². The summed E-state index contributed by atoms with van der Waals surface area (Å²) in [5, 5.41) is 23.2. The maximum atomic E-state index is 12.5. The van der Waals surface area contributed by atoms with Crippen molar-refractivity contribution >= 4 is 11.9 Å². The first-order chi connectivity index (χ1) is 36.5. The van der Waals surface area contributed by atoms with E-state index in [1.54, 1.807) is 6.08 Å². The van der Waals surface area contributed by atoms with Crippen molar-refractivity contribution in [1.29, 1.82) is 0 Å². The van der Waals surface area contributed by atoms with E-state index in [9.17, 15) is 19.8 Å². The summed E-state index contributed by atoms with van der Waals surface area (Å²) in [4.78, 5) is 24.5. The number of esters is 1. The fraction of sp³-hybridized carbons (Fsp3) is 0.912. The minimum atomic E-state index is -0.843. The average molecular weight is 1040 g/mol. The van der Waals surface area contributed by atoms with Gasteiger partial charge in [0.15, 0.2) is 0 Å². The van der Waals surface area contributed by atoms with E-state index in [-0.39, 0.29) is 18.5 Å². The van der Waals surface area contributed by atoms with Crippen LogP contribution in [0.2, 0.25) is 0 Å². The van der Waals surface area contributed by atoms with Crippen LogP contribution in [-0.4, -0.2) is 47.4 Å². The van der Waals surface area contributed by atoms with Gasteiger partial charge in [0.1, 0.15) is 0 Å². The minimum absolute atomic E-state index is 0.00699. The Morgan fingerprint density at radius 2 is 0.649 bits per heavy atom. The second kappa shape index (κ2) is 63.9. The molecule has 0 aliphatic heterocycles. The zero-order chi connectivity index (χ0) is 53.6. The Hall–Kier alpha value is -1.66. The first kappa shape index (κ1) is 72.3. The molecule has 2 atom stereocenters. The van der Waals surface area contributed by atoms with Crippen molar-refractivity contribution in [3.8, 4) is 0 Å². The normalized spacial score (nSPS) is 12.6. The molecule has 0 aromatic heterocycles. The van der Waals surface area contributed by atoms with Gasteiger partial charge in [-0.3, -0.25) is 9.59 Å². The molecule has 1 amide bonds. The molecule has 0 rings (SSSR count). The maximum absolute atomic E-state index is 12.5. The van der Waals surface area contributed by atoms with Crippen molar-refractivity contribution < 1.29 is 24.5 Å². The second-order valence-electron chi connectivity index (χ2n) is 23.2. The number of unbranched alkanes of at least 4 members (excludes halogenated alkanes) is 50. The molecule has 0 saturated heterocycles. The van der Waals surface area contributed by atoms with Gasteiger partial charge < -0.3 is 20.3 Å². The van der Waals surface area contributed by atoms with Crippen LogP contribution in [0.5, 0.6) is 0 Å². The van der Waals surface area contributed by atoms with Crippen LogP contribution in [0, 0.1) is 0 Å². The maximum Gasteiger partial charge on any atom is 0.305 e. The SMILES string of the molecule is CCCC/C=C\CCCCCCCC(=O)OCCCCCCCCCCCCCCCCCCCCCCCCCCCCCC(=O)NC(CO)C(O)/C=C/CCCCCCCCCCCCCCCCCCC. The lowest BCUT2D eigenvalue weighted by Gasteiger charge is -2.20. The van der Waals surface area contributed by atoms with Crippen LogP contribution in [-0.2, 0) is 14.3 Å². The van der Waals surface area contributed by atoms with Gasteiger partial charge in [-0.2, -0.15) is 0 Å². The molecule has 0 aromatic carbocycles. The van der Waals surface area contributed by atoms with Gasteiger partial charge in [-0.15, -0.1) is 0 Å². The van der Waals surface area contributed by atoms with Gasteiger partial charge in [-0.25, -0.2) is 0 Å². The van der Waals surface area contributed by atoms with E-state index in [4.69, 9.17) is 4.74 Å². The van der Waals surface area contributed by atoms with Crippen molar-refractivity contribution in [1.82, 2.24) is 5.32 Å². The van der Waals surface area contributed by atoms with E-state index in [0.717, 1.165) is 44.9 Å². The largest absolute Gasteiger partial charge is 0.466 e. The van der Waals surface area contributed by atoms with Crippen LogP contribution < -0.4 is 5.32 Å². The monoisotopic (exact) mass is 1040 g/mol. The molecule has 0 bridgehead atoms.